The van der Waals surface area contributed by atoms with E-state index >= 15 is 0 Å². The summed E-state index contributed by atoms with van der Waals surface area (Å²) in [7, 11) is -2.02. The van der Waals surface area contributed by atoms with Crippen LogP contribution in [0.3, 0.4) is 0 Å². The number of carbonyl (C=O) groups is 2. The fraction of sp³-hybridized carbons (Fsp3) is 0.417. The number of benzene rings is 2. The molecule has 1 fully saturated rings. The van der Waals surface area contributed by atoms with Crippen LogP contribution in [0.4, 0.5) is 11.4 Å². The maximum absolute atomic E-state index is 13.1. The van der Waals surface area contributed by atoms with E-state index in [1.54, 1.807) is 53.9 Å². The van der Waals surface area contributed by atoms with Gasteiger partial charge in [-0.3, -0.25) is 9.59 Å². The van der Waals surface area contributed by atoms with Crippen LogP contribution in [0.25, 0.3) is 0 Å². The summed E-state index contributed by atoms with van der Waals surface area (Å²) < 4.78 is 32.9. The first-order valence-corrected chi connectivity index (χ1v) is 12.7. The molecule has 0 spiro atoms. The fourth-order valence-electron chi connectivity index (χ4n) is 4.36. The molecule has 0 radical (unpaired) electrons. The molecule has 0 aliphatic carbocycles. The number of sulfonamides is 1. The van der Waals surface area contributed by atoms with Gasteiger partial charge in [0.15, 0.2) is 0 Å². The van der Waals surface area contributed by atoms with Crippen molar-refractivity contribution in [2.24, 2.45) is 0 Å². The van der Waals surface area contributed by atoms with Crippen molar-refractivity contribution in [2.45, 2.75) is 43.4 Å². The Labute approximate surface area is 194 Å². The molecule has 2 aliphatic heterocycles. The molecule has 1 N–H and O–H groups in total. The predicted molar refractivity (Wildman–Crippen MR) is 126 cm³/mol. The number of carbonyl (C=O) groups excluding carboxylic acids is 2. The van der Waals surface area contributed by atoms with Crippen LogP contribution in [0, 0.1) is 0 Å². The maximum atomic E-state index is 13.1. The summed E-state index contributed by atoms with van der Waals surface area (Å²) in [6.07, 6.45) is 4.27. The van der Waals surface area contributed by atoms with Gasteiger partial charge in [-0.05, 0) is 61.6 Å². The van der Waals surface area contributed by atoms with E-state index in [4.69, 9.17) is 4.74 Å². The zero-order valence-electron chi connectivity index (χ0n) is 18.7. The minimum atomic E-state index is -3.57. The normalized spacial score (nSPS) is 17.2. The summed E-state index contributed by atoms with van der Waals surface area (Å²) in [6, 6.07) is 11.9. The number of fused-ring (bicyclic) bond motifs is 1. The Balaban J connectivity index is 1.56. The molecule has 4 rings (SSSR count). The first-order valence-electron chi connectivity index (χ1n) is 11.3. The van der Waals surface area contributed by atoms with Gasteiger partial charge >= 0.3 is 0 Å². The number of methoxy groups -OCH3 is 1. The molecule has 33 heavy (non-hydrogen) atoms. The van der Waals surface area contributed by atoms with Gasteiger partial charge < -0.3 is 15.0 Å². The van der Waals surface area contributed by atoms with Crippen molar-refractivity contribution in [3.8, 4) is 5.75 Å². The van der Waals surface area contributed by atoms with Crippen molar-refractivity contribution in [1.29, 1.82) is 0 Å². The Morgan fingerprint density at radius 2 is 1.82 bits per heavy atom. The minimum Gasteiger partial charge on any atom is -0.497 e. The number of nitrogens with one attached hydrogen (secondary N) is 1. The highest BCUT2D eigenvalue weighted by molar-refractivity contribution is 7.89. The molecular formula is C24H29N3O5S. The van der Waals surface area contributed by atoms with Crippen LogP contribution < -0.4 is 15.0 Å². The van der Waals surface area contributed by atoms with Crippen LogP contribution in [0.5, 0.6) is 5.75 Å². The lowest BCUT2D eigenvalue weighted by Gasteiger charge is -2.27. The van der Waals surface area contributed by atoms with Crippen LogP contribution in [0.2, 0.25) is 0 Å². The third-order valence-corrected chi connectivity index (χ3v) is 7.98. The standard InChI is InChI=1S/C24H29N3O5S/c1-32-20-9-6-8-19(16-20)25-23(28)17-27-22-12-11-21(15-18(22)7-5-10-24(27)29)33(30,31)26-13-3-2-4-14-26/h6,8-9,11-12,15-16H,2-5,7,10,13-14,17H2,1H3,(H,25,28). The van der Waals surface area contributed by atoms with E-state index in [0.29, 0.717) is 49.5 Å². The zero-order valence-corrected chi connectivity index (χ0v) is 19.6. The number of aryl methyl sites for hydroxylation is 1. The molecular weight excluding hydrogens is 442 g/mol. The van der Waals surface area contributed by atoms with Crippen molar-refractivity contribution < 1.29 is 22.7 Å². The molecule has 176 valence electrons. The zero-order chi connectivity index (χ0) is 23.4. The number of anilines is 2. The number of hydrogen-bond acceptors (Lipinski definition) is 5. The molecule has 0 unspecified atom stereocenters. The van der Waals surface area contributed by atoms with Crippen LogP contribution in [0.15, 0.2) is 47.4 Å². The average molecular weight is 472 g/mol. The number of amides is 2. The van der Waals surface area contributed by atoms with E-state index in [1.165, 1.54) is 4.90 Å². The first-order chi connectivity index (χ1) is 15.9. The number of hydrogen-bond donors (Lipinski definition) is 1. The quantitative estimate of drug-likeness (QED) is 0.698. The summed E-state index contributed by atoms with van der Waals surface area (Å²) in [6.45, 7) is 0.921. The lowest BCUT2D eigenvalue weighted by atomic mass is 10.1. The van der Waals surface area contributed by atoms with E-state index in [1.807, 2.05) is 0 Å². The molecule has 0 saturated carbocycles. The molecule has 2 aliphatic rings. The Kier molecular flexibility index (Phi) is 6.99. The van der Waals surface area contributed by atoms with E-state index in [9.17, 15) is 18.0 Å². The third-order valence-electron chi connectivity index (χ3n) is 6.09. The largest absolute Gasteiger partial charge is 0.497 e. The van der Waals surface area contributed by atoms with Crippen molar-refractivity contribution in [3.05, 3.63) is 48.0 Å². The van der Waals surface area contributed by atoms with Crippen molar-refractivity contribution in [2.75, 3.05) is 37.0 Å². The van der Waals surface area contributed by atoms with Gasteiger partial charge in [0.1, 0.15) is 12.3 Å². The highest BCUT2D eigenvalue weighted by Crippen LogP contribution is 2.31. The van der Waals surface area contributed by atoms with Crippen LogP contribution in [0.1, 0.15) is 37.7 Å². The molecule has 2 aromatic rings. The molecule has 9 heteroatoms. The van der Waals surface area contributed by atoms with Crippen LogP contribution in [-0.2, 0) is 26.0 Å². The van der Waals surface area contributed by atoms with Gasteiger partial charge in [0.05, 0.1) is 12.0 Å². The molecule has 8 nitrogen and oxygen atoms in total. The Morgan fingerprint density at radius 3 is 2.58 bits per heavy atom. The Morgan fingerprint density at radius 1 is 1.03 bits per heavy atom. The molecule has 0 bridgehead atoms. The number of piperidine rings is 1. The number of rotatable bonds is 6. The van der Waals surface area contributed by atoms with Gasteiger partial charge in [-0.15, -0.1) is 0 Å². The summed E-state index contributed by atoms with van der Waals surface area (Å²) in [4.78, 5) is 27.2. The first kappa shape index (κ1) is 23.3. The highest BCUT2D eigenvalue weighted by Gasteiger charge is 2.29. The summed E-state index contributed by atoms with van der Waals surface area (Å²) in [5.74, 6) is 0.127. The Bertz CT molecular complexity index is 1140. The van der Waals surface area contributed by atoms with Crippen molar-refractivity contribution in [3.63, 3.8) is 0 Å². The SMILES string of the molecule is COc1cccc(NC(=O)CN2C(=O)CCCc3cc(S(=O)(=O)N4CCCCC4)ccc32)c1. The third kappa shape index (κ3) is 5.20. The number of nitrogens with zero attached hydrogens (tertiary/aromatic N) is 2. The maximum Gasteiger partial charge on any atom is 0.244 e. The van der Waals surface area contributed by atoms with Gasteiger partial charge in [0.2, 0.25) is 21.8 Å². The summed E-state index contributed by atoms with van der Waals surface area (Å²) in [5, 5.41) is 2.80. The topological polar surface area (TPSA) is 96.0 Å². The van der Waals surface area contributed by atoms with Gasteiger partial charge in [0, 0.05) is 37.0 Å². The molecule has 2 heterocycles. The second kappa shape index (κ2) is 9.93. The van der Waals surface area contributed by atoms with Gasteiger partial charge in [-0.2, -0.15) is 4.31 Å². The van der Waals surface area contributed by atoms with Crippen LogP contribution in [-0.4, -0.2) is 51.3 Å². The van der Waals surface area contributed by atoms with E-state index in [0.717, 1.165) is 24.8 Å². The smallest absolute Gasteiger partial charge is 0.244 e. The lowest BCUT2D eigenvalue weighted by molar-refractivity contribution is -0.121. The molecule has 0 atom stereocenters. The van der Waals surface area contributed by atoms with Gasteiger partial charge in [-0.1, -0.05) is 12.5 Å². The number of ether oxygens (including phenoxy) is 1. The molecule has 1 saturated heterocycles. The molecule has 2 aromatic carbocycles. The second-order valence-corrected chi connectivity index (χ2v) is 10.3. The van der Waals surface area contributed by atoms with E-state index in [-0.39, 0.29) is 23.3 Å². The van der Waals surface area contributed by atoms with Crippen LogP contribution >= 0.6 is 0 Å². The monoisotopic (exact) mass is 471 g/mol. The van der Waals surface area contributed by atoms with Crippen molar-refractivity contribution in [1.82, 2.24) is 4.31 Å². The Hall–Kier alpha value is -2.91. The second-order valence-electron chi connectivity index (χ2n) is 8.37. The fourth-order valence-corrected chi connectivity index (χ4v) is 5.93. The molecule has 0 aromatic heterocycles. The van der Waals surface area contributed by atoms with Gasteiger partial charge in [0.25, 0.3) is 0 Å². The summed E-state index contributed by atoms with van der Waals surface area (Å²) >= 11 is 0. The summed E-state index contributed by atoms with van der Waals surface area (Å²) in [5.41, 5.74) is 1.94. The lowest BCUT2D eigenvalue weighted by Crippen LogP contribution is -2.38. The van der Waals surface area contributed by atoms with Gasteiger partial charge in [-0.25, -0.2) is 8.42 Å². The average Bonchev–Trinajstić information content (AvgIpc) is 2.97. The van der Waals surface area contributed by atoms with Crippen molar-refractivity contribution >= 4 is 33.2 Å². The predicted octanol–water partition coefficient (Wildman–Crippen LogP) is 3.18. The van der Waals surface area contributed by atoms with E-state index < -0.39 is 10.0 Å². The van der Waals surface area contributed by atoms with E-state index in [2.05, 4.69) is 5.32 Å². The molecule has 2 amide bonds. The minimum absolute atomic E-state index is 0.152. The highest BCUT2D eigenvalue weighted by atomic mass is 32.2.